The first-order chi connectivity index (χ1) is 16.8. The average molecular weight is 495 g/mol. The van der Waals surface area contributed by atoms with Gasteiger partial charge >= 0.3 is 5.97 Å². The third kappa shape index (κ3) is 7.19. The highest BCUT2D eigenvalue weighted by Crippen LogP contribution is 2.26. The molecule has 0 bridgehead atoms. The number of aryl methyl sites for hydroxylation is 2. The molecule has 9 heteroatoms. The van der Waals surface area contributed by atoms with Crippen LogP contribution in [0.2, 0.25) is 0 Å². The smallest absolute Gasteiger partial charge is 0.338 e. The number of aromatic nitrogens is 3. The van der Waals surface area contributed by atoms with Gasteiger partial charge in [-0.25, -0.2) is 4.79 Å². The molecule has 1 heterocycles. The Morgan fingerprint density at radius 2 is 1.83 bits per heavy atom. The van der Waals surface area contributed by atoms with Crippen LogP contribution >= 0.6 is 11.8 Å². The van der Waals surface area contributed by atoms with Gasteiger partial charge < -0.3 is 14.8 Å². The van der Waals surface area contributed by atoms with E-state index in [2.05, 4.69) is 28.2 Å². The second kappa shape index (κ2) is 12.2. The molecule has 8 nitrogen and oxygen atoms in total. The molecule has 2 aromatic carbocycles. The van der Waals surface area contributed by atoms with Crippen LogP contribution in [0.4, 0.5) is 5.69 Å². The van der Waals surface area contributed by atoms with Crippen LogP contribution in [0, 0.1) is 13.8 Å². The van der Waals surface area contributed by atoms with Crippen LogP contribution in [0.1, 0.15) is 47.3 Å². The maximum atomic E-state index is 12.5. The quantitative estimate of drug-likeness (QED) is 0.224. The van der Waals surface area contributed by atoms with Crippen molar-refractivity contribution < 1.29 is 19.1 Å². The Bertz CT molecular complexity index is 1170. The lowest BCUT2D eigenvalue weighted by Crippen LogP contribution is -2.15. The Morgan fingerprint density at radius 3 is 2.46 bits per heavy atom. The van der Waals surface area contributed by atoms with Crippen LogP contribution in [0.5, 0.6) is 5.75 Å². The average Bonchev–Trinajstić information content (AvgIpc) is 3.20. The van der Waals surface area contributed by atoms with Crippen molar-refractivity contribution in [2.24, 2.45) is 0 Å². The molecule has 0 aliphatic heterocycles. The van der Waals surface area contributed by atoms with Gasteiger partial charge in [-0.05, 0) is 75.2 Å². The highest BCUT2D eigenvalue weighted by molar-refractivity contribution is 7.99. The summed E-state index contributed by atoms with van der Waals surface area (Å²) in [4.78, 5) is 24.3. The normalized spacial score (nSPS) is 11.5. The number of ether oxygens (including phenoxy) is 2. The van der Waals surface area contributed by atoms with Gasteiger partial charge in [0.1, 0.15) is 5.75 Å². The monoisotopic (exact) mass is 494 g/mol. The van der Waals surface area contributed by atoms with E-state index < -0.39 is 5.97 Å². The first-order valence-electron chi connectivity index (χ1n) is 11.3. The summed E-state index contributed by atoms with van der Waals surface area (Å²) in [5, 5.41) is 12.0. The van der Waals surface area contributed by atoms with Gasteiger partial charge in [0.15, 0.2) is 17.1 Å². The van der Waals surface area contributed by atoms with Crippen LogP contribution < -0.4 is 10.1 Å². The summed E-state index contributed by atoms with van der Waals surface area (Å²) in [6, 6.07) is 12.6. The number of thioether (sulfide) groups is 1. The standard InChI is InChI=1S/C26H30N4O4S/c1-6-12-30-24(19(5)34-22-14-17(3)13-18(4)15-22)28-29-26(30)35-16-23(31)27-21-10-8-20(9-11-21)25(32)33-7-2/h6,8-11,13-15,19H,1,7,12,16H2,2-5H3,(H,27,31). The van der Waals surface area contributed by atoms with Gasteiger partial charge in [0.05, 0.1) is 17.9 Å². The van der Waals surface area contributed by atoms with E-state index in [1.165, 1.54) is 11.8 Å². The van der Waals surface area contributed by atoms with Crippen molar-refractivity contribution in [2.45, 2.75) is 45.5 Å². The molecule has 0 aliphatic rings. The van der Waals surface area contributed by atoms with Crippen LogP contribution in [-0.2, 0) is 16.1 Å². The minimum atomic E-state index is -0.394. The molecule has 0 radical (unpaired) electrons. The molecule has 1 aromatic heterocycles. The number of anilines is 1. The Labute approximate surface area is 209 Å². The van der Waals surface area contributed by atoms with Gasteiger partial charge in [-0.3, -0.25) is 9.36 Å². The fraction of sp³-hybridized carbons (Fsp3) is 0.308. The highest BCUT2D eigenvalue weighted by Gasteiger charge is 2.20. The number of rotatable bonds is 11. The van der Waals surface area contributed by atoms with E-state index in [-0.39, 0.29) is 17.8 Å². The van der Waals surface area contributed by atoms with Crippen LogP contribution in [0.3, 0.4) is 0 Å². The summed E-state index contributed by atoms with van der Waals surface area (Å²) in [5.74, 6) is 0.968. The minimum Gasteiger partial charge on any atom is -0.483 e. The number of nitrogens with one attached hydrogen (secondary N) is 1. The van der Waals surface area contributed by atoms with Crippen molar-refractivity contribution in [3.8, 4) is 5.75 Å². The third-order valence-corrected chi connectivity index (χ3v) is 5.91. The van der Waals surface area contributed by atoms with Gasteiger partial charge in [-0.15, -0.1) is 16.8 Å². The number of benzene rings is 2. The van der Waals surface area contributed by atoms with E-state index in [1.807, 2.05) is 37.5 Å². The number of carbonyl (C=O) groups is 2. The molecule has 1 unspecified atom stereocenters. The number of hydrogen-bond acceptors (Lipinski definition) is 7. The van der Waals surface area contributed by atoms with E-state index in [4.69, 9.17) is 9.47 Å². The Hall–Kier alpha value is -3.59. The molecule has 1 N–H and O–H groups in total. The van der Waals surface area contributed by atoms with E-state index in [0.717, 1.165) is 16.9 Å². The summed E-state index contributed by atoms with van der Waals surface area (Å²) in [7, 11) is 0. The zero-order chi connectivity index (χ0) is 25.4. The summed E-state index contributed by atoms with van der Waals surface area (Å²) >= 11 is 1.28. The minimum absolute atomic E-state index is 0.140. The Morgan fingerprint density at radius 1 is 1.14 bits per heavy atom. The second-order valence-electron chi connectivity index (χ2n) is 7.96. The lowest BCUT2D eigenvalue weighted by molar-refractivity contribution is -0.113. The number of hydrogen-bond donors (Lipinski definition) is 1. The highest BCUT2D eigenvalue weighted by atomic mass is 32.2. The number of nitrogens with zero attached hydrogens (tertiary/aromatic N) is 3. The summed E-state index contributed by atoms with van der Waals surface area (Å²) < 4.78 is 13.0. The number of carbonyl (C=O) groups excluding carboxylic acids is 2. The van der Waals surface area contributed by atoms with E-state index >= 15 is 0 Å². The molecule has 0 fully saturated rings. The van der Waals surface area contributed by atoms with Crippen molar-refractivity contribution >= 4 is 29.3 Å². The number of allylic oxidation sites excluding steroid dienone is 1. The second-order valence-corrected chi connectivity index (χ2v) is 8.90. The molecule has 0 saturated heterocycles. The van der Waals surface area contributed by atoms with Crippen molar-refractivity contribution in [3.05, 3.63) is 77.6 Å². The molecule has 184 valence electrons. The molecular formula is C26H30N4O4S. The van der Waals surface area contributed by atoms with Gasteiger partial charge in [0.2, 0.25) is 5.91 Å². The van der Waals surface area contributed by atoms with Crippen molar-refractivity contribution in [3.63, 3.8) is 0 Å². The van der Waals surface area contributed by atoms with Crippen molar-refractivity contribution in [2.75, 3.05) is 17.7 Å². The number of amides is 1. The summed E-state index contributed by atoms with van der Waals surface area (Å²) in [6.45, 7) is 12.3. The predicted molar refractivity (Wildman–Crippen MR) is 137 cm³/mol. The third-order valence-electron chi connectivity index (χ3n) is 4.94. The van der Waals surface area contributed by atoms with E-state index in [9.17, 15) is 9.59 Å². The first-order valence-corrected chi connectivity index (χ1v) is 12.3. The fourth-order valence-corrected chi connectivity index (χ4v) is 4.25. The van der Waals surface area contributed by atoms with Crippen LogP contribution in [0.15, 0.2) is 60.3 Å². The van der Waals surface area contributed by atoms with Gasteiger partial charge in [0.25, 0.3) is 0 Å². The zero-order valence-corrected chi connectivity index (χ0v) is 21.2. The van der Waals surface area contributed by atoms with E-state index in [0.29, 0.717) is 35.4 Å². The maximum Gasteiger partial charge on any atom is 0.338 e. The SMILES string of the molecule is C=CCn1c(SCC(=O)Nc2ccc(C(=O)OCC)cc2)nnc1C(C)Oc1cc(C)cc(C)c1. The molecule has 3 rings (SSSR count). The summed E-state index contributed by atoms with van der Waals surface area (Å²) in [5.41, 5.74) is 3.27. The zero-order valence-electron chi connectivity index (χ0n) is 20.4. The molecule has 0 spiro atoms. The molecule has 0 saturated carbocycles. The number of esters is 1. The molecule has 35 heavy (non-hydrogen) atoms. The molecule has 1 amide bonds. The van der Waals surface area contributed by atoms with Crippen LogP contribution in [-0.4, -0.2) is 39.0 Å². The first kappa shape index (κ1) is 26.0. The molecule has 3 aromatic rings. The van der Waals surface area contributed by atoms with Gasteiger partial charge in [-0.1, -0.05) is 23.9 Å². The molecule has 0 aliphatic carbocycles. The Kier molecular flexibility index (Phi) is 9.08. The predicted octanol–water partition coefficient (Wildman–Crippen LogP) is 5.13. The topological polar surface area (TPSA) is 95.3 Å². The molecular weight excluding hydrogens is 464 g/mol. The maximum absolute atomic E-state index is 12.5. The van der Waals surface area contributed by atoms with Crippen LogP contribution in [0.25, 0.3) is 0 Å². The Balaban J connectivity index is 1.63. The van der Waals surface area contributed by atoms with E-state index in [1.54, 1.807) is 37.3 Å². The molecule has 1 atom stereocenters. The van der Waals surface area contributed by atoms with Crippen molar-refractivity contribution in [1.29, 1.82) is 0 Å². The largest absolute Gasteiger partial charge is 0.483 e. The fourth-order valence-electron chi connectivity index (χ4n) is 3.50. The lowest BCUT2D eigenvalue weighted by atomic mass is 10.1. The lowest BCUT2D eigenvalue weighted by Gasteiger charge is -2.16. The van der Waals surface area contributed by atoms with Crippen molar-refractivity contribution in [1.82, 2.24) is 14.8 Å². The summed E-state index contributed by atoms with van der Waals surface area (Å²) in [6.07, 6.45) is 1.41. The van der Waals surface area contributed by atoms with Gasteiger partial charge in [0, 0.05) is 12.2 Å². The van der Waals surface area contributed by atoms with Gasteiger partial charge in [-0.2, -0.15) is 0 Å².